The van der Waals surface area contributed by atoms with Crippen LogP contribution >= 0.6 is 0 Å². The predicted molar refractivity (Wildman–Crippen MR) is 67.4 cm³/mol. The highest BCUT2D eigenvalue weighted by atomic mass is 16.5. The number of hydrogen-bond donors (Lipinski definition) is 0. The SMILES string of the molecule is CC1=COC=C[C@]2(C)C[C@@H]3OC(=O)C(C)=C3C[C@@H]12. The molecule has 0 aromatic carbocycles. The van der Waals surface area contributed by atoms with E-state index in [2.05, 4.69) is 19.9 Å². The van der Waals surface area contributed by atoms with Crippen LogP contribution in [0.5, 0.6) is 0 Å². The van der Waals surface area contributed by atoms with E-state index in [9.17, 15) is 4.79 Å². The van der Waals surface area contributed by atoms with Crippen LogP contribution in [0.1, 0.15) is 33.6 Å². The zero-order valence-corrected chi connectivity index (χ0v) is 11.0. The molecule has 96 valence electrons. The molecule has 0 radical (unpaired) electrons. The van der Waals surface area contributed by atoms with Gasteiger partial charge in [0, 0.05) is 5.57 Å². The molecule has 0 saturated heterocycles. The molecule has 0 amide bonds. The van der Waals surface area contributed by atoms with Gasteiger partial charge in [0.2, 0.25) is 0 Å². The van der Waals surface area contributed by atoms with Gasteiger partial charge in [0.1, 0.15) is 6.10 Å². The van der Waals surface area contributed by atoms with Crippen molar-refractivity contribution >= 4 is 5.97 Å². The number of ether oxygens (including phenoxy) is 2. The van der Waals surface area contributed by atoms with Crippen molar-refractivity contribution in [3.05, 3.63) is 35.3 Å². The van der Waals surface area contributed by atoms with Gasteiger partial charge in [-0.15, -0.1) is 0 Å². The summed E-state index contributed by atoms with van der Waals surface area (Å²) in [5.74, 6) is 0.254. The lowest BCUT2D eigenvalue weighted by Crippen LogP contribution is -2.37. The summed E-state index contributed by atoms with van der Waals surface area (Å²) in [5, 5.41) is 0. The van der Waals surface area contributed by atoms with Gasteiger partial charge >= 0.3 is 5.97 Å². The summed E-state index contributed by atoms with van der Waals surface area (Å²) in [6.07, 6.45) is 7.40. The molecule has 3 nitrogen and oxygen atoms in total. The Morgan fingerprint density at radius 1 is 1.39 bits per heavy atom. The van der Waals surface area contributed by atoms with Crippen LogP contribution in [0.4, 0.5) is 0 Å². The van der Waals surface area contributed by atoms with Gasteiger partial charge in [0.25, 0.3) is 0 Å². The van der Waals surface area contributed by atoms with Crippen LogP contribution in [0, 0.1) is 11.3 Å². The largest absolute Gasteiger partial charge is 0.473 e. The van der Waals surface area contributed by atoms with Crippen molar-refractivity contribution in [2.24, 2.45) is 11.3 Å². The van der Waals surface area contributed by atoms with E-state index >= 15 is 0 Å². The predicted octanol–water partition coefficient (Wildman–Crippen LogP) is 3.09. The molecular weight excluding hydrogens is 228 g/mol. The second kappa shape index (κ2) is 3.74. The quantitative estimate of drug-likeness (QED) is 0.616. The maximum absolute atomic E-state index is 11.7. The minimum absolute atomic E-state index is 0.0101. The van der Waals surface area contributed by atoms with E-state index in [0.29, 0.717) is 5.92 Å². The van der Waals surface area contributed by atoms with Crippen molar-refractivity contribution in [3.8, 4) is 0 Å². The van der Waals surface area contributed by atoms with Gasteiger partial charge in [0.05, 0.1) is 12.5 Å². The van der Waals surface area contributed by atoms with Gasteiger partial charge in [-0.2, -0.15) is 0 Å². The summed E-state index contributed by atoms with van der Waals surface area (Å²) >= 11 is 0. The third-order valence-electron chi connectivity index (χ3n) is 4.60. The highest BCUT2D eigenvalue weighted by molar-refractivity contribution is 5.91. The number of fused-ring (bicyclic) bond motifs is 2. The average Bonchev–Trinajstić information content (AvgIpc) is 2.49. The zero-order valence-electron chi connectivity index (χ0n) is 11.0. The number of rotatable bonds is 0. The molecule has 3 atom stereocenters. The standard InChI is InChI=1S/C15H18O3/c1-9-8-17-5-4-15(3)7-13-11(6-12(9)15)10(2)14(16)18-13/h4-5,8,12-13H,6-7H2,1-3H3/t12-,13-,15+/m0/s1. The molecule has 0 spiro atoms. The first kappa shape index (κ1) is 11.6. The average molecular weight is 246 g/mol. The molecule has 1 aliphatic carbocycles. The van der Waals surface area contributed by atoms with E-state index in [1.807, 2.05) is 13.2 Å². The van der Waals surface area contributed by atoms with Crippen molar-refractivity contribution in [2.75, 3.05) is 0 Å². The molecule has 0 unspecified atom stereocenters. The normalized spacial score (nSPS) is 38.4. The summed E-state index contributed by atoms with van der Waals surface area (Å²) in [7, 11) is 0. The summed E-state index contributed by atoms with van der Waals surface area (Å²) in [6.45, 7) is 6.20. The van der Waals surface area contributed by atoms with Crippen molar-refractivity contribution < 1.29 is 14.3 Å². The summed E-state index contributed by atoms with van der Waals surface area (Å²) in [4.78, 5) is 11.7. The fourth-order valence-corrected chi connectivity index (χ4v) is 3.39. The Bertz CT molecular complexity index is 498. The Kier molecular flexibility index (Phi) is 2.40. The van der Waals surface area contributed by atoms with E-state index < -0.39 is 0 Å². The Balaban J connectivity index is 2.03. The Morgan fingerprint density at radius 3 is 2.94 bits per heavy atom. The third kappa shape index (κ3) is 1.53. The van der Waals surface area contributed by atoms with E-state index in [-0.39, 0.29) is 17.5 Å². The first-order chi connectivity index (χ1) is 8.51. The fourth-order valence-electron chi connectivity index (χ4n) is 3.39. The fraction of sp³-hybridized carbons (Fsp3) is 0.533. The Labute approximate surface area is 107 Å². The number of hydrogen-bond acceptors (Lipinski definition) is 3. The van der Waals surface area contributed by atoms with E-state index in [4.69, 9.17) is 9.47 Å². The first-order valence-electron chi connectivity index (χ1n) is 6.42. The van der Waals surface area contributed by atoms with Crippen LogP contribution in [0.15, 0.2) is 35.3 Å². The van der Waals surface area contributed by atoms with Crippen molar-refractivity contribution in [2.45, 2.75) is 39.7 Å². The van der Waals surface area contributed by atoms with E-state index in [0.717, 1.165) is 18.4 Å². The lowest BCUT2D eigenvalue weighted by Gasteiger charge is -2.41. The monoisotopic (exact) mass is 246 g/mol. The Morgan fingerprint density at radius 2 is 2.17 bits per heavy atom. The number of carbonyl (C=O) groups excluding carboxylic acids is 1. The molecule has 3 rings (SSSR count). The second-order valence-electron chi connectivity index (χ2n) is 5.81. The molecule has 1 fully saturated rings. The molecule has 18 heavy (non-hydrogen) atoms. The summed E-state index contributed by atoms with van der Waals surface area (Å²) in [5.41, 5.74) is 3.24. The third-order valence-corrected chi connectivity index (χ3v) is 4.60. The summed E-state index contributed by atoms with van der Waals surface area (Å²) < 4.78 is 10.8. The highest BCUT2D eigenvalue weighted by Gasteiger charge is 2.47. The lowest BCUT2D eigenvalue weighted by molar-refractivity contribution is -0.141. The number of carbonyl (C=O) groups is 1. The molecule has 2 heterocycles. The van der Waals surface area contributed by atoms with E-state index in [1.165, 1.54) is 11.1 Å². The number of esters is 1. The van der Waals surface area contributed by atoms with Crippen molar-refractivity contribution in [1.29, 1.82) is 0 Å². The van der Waals surface area contributed by atoms with Gasteiger partial charge in [-0.1, -0.05) is 6.92 Å². The Hall–Kier alpha value is -1.51. The molecule has 2 aliphatic heterocycles. The molecule has 0 aromatic heterocycles. The van der Waals surface area contributed by atoms with Gasteiger partial charge in [0.15, 0.2) is 0 Å². The minimum atomic E-state index is -0.142. The molecule has 1 saturated carbocycles. The van der Waals surface area contributed by atoms with Gasteiger partial charge in [-0.3, -0.25) is 0 Å². The van der Waals surface area contributed by atoms with Gasteiger partial charge in [-0.25, -0.2) is 4.79 Å². The topological polar surface area (TPSA) is 35.5 Å². The van der Waals surface area contributed by atoms with Gasteiger partial charge in [-0.05, 0) is 55.2 Å². The van der Waals surface area contributed by atoms with Crippen molar-refractivity contribution in [1.82, 2.24) is 0 Å². The second-order valence-corrected chi connectivity index (χ2v) is 5.81. The molecule has 3 aliphatic rings. The molecule has 0 aromatic rings. The van der Waals surface area contributed by atoms with Crippen LogP contribution in [0.2, 0.25) is 0 Å². The molecule has 3 heteroatoms. The van der Waals surface area contributed by atoms with Crippen molar-refractivity contribution in [3.63, 3.8) is 0 Å². The van der Waals surface area contributed by atoms with Gasteiger partial charge < -0.3 is 9.47 Å². The summed E-state index contributed by atoms with van der Waals surface area (Å²) in [6, 6.07) is 0. The smallest absolute Gasteiger partial charge is 0.334 e. The first-order valence-corrected chi connectivity index (χ1v) is 6.42. The molecule has 0 N–H and O–H groups in total. The molecule has 0 bridgehead atoms. The lowest BCUT2D eigenvalue weighted by atomic mass is 9.63. The van der Waals surface area contributed by atoms with E-state index in [1.54, 1.807) is 6.26 Å². The van der Waals surface area contributed by atoms with Crippen LogP contribution < -0.4 is 0 Å². The highest BCUT2D eigenvalue weighted by Crippen LogP contribution is 2.51. The number of allylic oxidation sites excluding steroid dienone is 2. The van der Waals surface area contributed by atoms with Crippen LogP contribution in [0.25, 0.3) is 0 Å². The minimum Gasteiger partial charge on any atom is -0.473 e. The van der Waals surface area contributed by atoms with Crippen LogP contribution in [-0.4, -0.2) is 12.1 Å². The van der Waals surface area contributed by atoms with Crippen LogP contribution in [0.3, 0.4) is 0 Å². The molecular formula is C15H18O3. The maximum Gasteiger partial charge on any atom is 0.334 e. The maximum atomic E-state index is 11.7. The zero-order chi connectivity index (χ0) is 12.9. The van der Waals surface area contributed by atoms with Crippen LogP contribution in [-0.2, 0) is 14.3 Å².